The van der Waals surface area contributed by atoms with Crippen molar-refractivity contribution in [2.75, 3.05) is 53.2 Å². The Morgan fingerprint density at radius 3 is 1.79 bits per heavy atom. The molecule has 0 aliphatic rings. The molecule has 0 saturated carbocycles. The predicted octanol–water partition coefficient (Wildman–Crippen LogP) is 0.134. The average Bonchev–Trinajstić information content (AvgIpc) is 2.67. The number of benzene rings is 1. The van der Waals surface area contributed by atoms with Crippen LogP contribution in [0.1, 0.15) is 31.8 Å². The fourth-order valence-electron chi connectivity index (χ4n) is 2.40. The third-order valence-electron chi connectivity index (χ3n) is 3.64. The van der Waals surface area contributed by atoms with Crippen LogP contribution >= 0.6 is 0 Å². The van der Waals surface area contributed by atoms with E-state index in [4.69, 9.17) is 29.2 Å². The number of carboxylic acids is 2. The zero-order valence-electron chi connectivity index (χ0n) is 15.5. The molecule has 1 aromatic carbocycles. The van der Waals surface area contributed by atoms with Crippen molar-refractivity contribution >= 4 is 11.9 Å². The molecule has 0 unspecified atom stereocenters. The molecule has 0 aromatic heterocycles. The van der Waals surface area contributed by atoms with Gasteiger partial charge >= 0.3 is 11.9 Å². The number of ether oxygens (including phenoxy) is 4. The fraction of sp³-hybridized carbons (Fsp3) is 0.556. The third-order valence-corrected chi connectivity index (χ3v) is 3.64. The van der Waals surface area contributed by atoms with Gasteiger partial charge in [0.2, 0.25) is 0 Å². The number of hydrogen-bond donors (Lipinski definition) is 4. The number of aliphatic hydroxyl groups excluding tert-OH is 2. The maximum atomic E-state index is 11.6. The Bertz CT molecular complexity index is 617. The van der Waals surface area contributed by atoms with Crippen LogP contribution < -0.4 is 0 Å². The van der Waals surface area contributed by atoms with Crippen molar-refractivity contribution in [1.29, 1.82) is 0 Å². The van der Waals surface area contributed by atoms with Crippen LogP contribution in [0.5, 0.6) is 0 Å². The van der Waals surface area contributed by atoms with Gasteiger partial charge in [0, 0.05) is 0 Å². The van der Waals surface area contributed by atoms with Crippen LogP contribution in [0, 0.1) is 0 Å². The molecule has 0 atom stereocenters. The highest BCUT2D eigenvalue weighted by molar-refractivity contribution is 5.95. The first kappa shape index (κ1) is 24.0. The topological polar surface area (TPSA) is 152 Å². The summed E-state index contributed by atoms with van der Waals surface area (Å²) in [6, 6.07) is 2.54. The number of aromatic carboxylic acids is 2. The molecule has 0 saturated heterocycles. The van der Waals surface area contributed by atoms with Crippen molar-refractivity contribution in [3.05, 3.63) is 34.4 Å². The van der Waals surface area contributed by atoms with Crippen molar-refractivity contribution in [2.24, 2.45) is 0 Å². The maximum absolute atomic E-state index is 11.6. The summed E-state index contributed by atoms with van der Waals surface area (Å²) in [6.07, 6.45) is 0.514. The van der Waals surface area contributed by atoms with E-state index in [9.17, 15) is 19.8 Å². The standard InChI is InChI=1S/C18H26O10/c19-3-7-27-11-25-5-1-13-9-14(17(21)22)10-16(18(23)24)15(13)2-6-26-12-28-8-4-20/h9-10,19-20H,1-8,11-12H2,(H,21,22)(H,23,24). The van der Waals surface area contributed by atoms with Gasteiger partial charge in [-0.05, 0) is 36.1 Å². The van der Waals surface area contributed by atoms with Crippen molar-refractivity contribution in [3.8, 4) is 0 Å². The van der Waals surface area contributed by atoms with Crippen LogP contribution in [-0.4, -0.2) is 85.6 Å². The average molecular weight is 402 g/mol. The molecule has 1 aromatic rings. The van der Waals surface area contributed by atoms with Gasteiger partial charge in [0.1, 0.15) is 13.6 Å². The van der Waals surface area contributed by atoms with Crippen LogP contribution in [0.4, 0.5) is 0 Å². The first-order valence-electron chi connectivity index (χ1n) is 8.66. The Kier molecular flexibility index (Phi) is 12.0. The molecule has 0 amide bonds. The van der Waals surface area contributed by atoms with E-state index in [1.807, 2.05) is 0 Å². The van der Waals surface area contributed by atoms with Crippen molar-refractivity contribution in [3.63, 3.8) is 0 Å². The lowest BCUT2D eigenvalue weighted by Gasteiger charge is -2.15. The summed E-state index contributed by atoms with van der Waals surface area (Å²) in [5.74, 6) is -2.46. The van der Waals surface area contributed by atoms with E-state index >= 15 is 0 Å². The molecule has 1 rings (SSSR count). The van der Waals surface area contributed by atoms with E-state index in [2.05, 4.69) is 0 Å². The van der Waals surface area contributed by atoms with Crippen LogP contribution in [0.15, 0.2) is 12.1 Å². The highest BCUT2D eigenvalue weighted by atomic mass is 16.7. The van der Waals surface area contributed by atoms with E-state index in [-0.39, 0.29) is 77.2 Å². The number of hydrogen-bond acceptors (Lipinski definition) is 8. The second-order valence-electron chi connectivity index (χ2n) is 5.59. The summed E-state index contributed by atoms with van der Waals surface area (Å²) in [6.45, 7) is 0.274. The molecule has 10 nitrogen and oxygen atoms in total. The molecular formula is C18H26O10. The first-order chi connectivity index (χ1) is 13.5. The smallest absolute Gasteiger partial charge is 0.335 e. The zero-order valence-corrected chi connectivity index (χ0v) is 15.5. The fourth-order valence-corrected chi connectivity index (χ4v) is 2.40. The molecule has 0 aliphatic heterocycles. The molecule has 4 N–H and O–H groups in total. The van der Waals surface area contributed by atoms with Gasteiger partial charge in [-0.25, -0.2) is 9.59 Å². The van der Waals surface area contributed by atoms with E-state index in [0.29, 0.717) is 11.1 Å². The lowest BCUT2D eigenvalue weighted by molar-refractivity contribution is -0.0622. The molecule has 0 radical (unpaired) electrons. The normalized spacial score (nSPS) is 10.9. The predicted molar refractivity (Wildman–Crippen MR) is 95.5 cm³/mol. The molecule has 10 heteroatoms. The van der Waals surface area contributed by atoms with Gasteiger partial charge in [0.05, 0.1) is 50.8 Å². The van der Waals surface area contributed by atoms with Crippen LogP contribution in [0.2, 0.25) is 0 Å². The van der Waals surface area contributed by atoms with Gasteiger partial charge in [-0.2, -0.15) is 0 Å². The summed E-state index contributed by atoms with van der Waals surface area (Å²) in [7, 11) is 0. The second kappa shape index (κ2) is 14.0. The minimum atomic E-state index is -1.23. The highest BCUT2D eigenvalue weighted by Gasteiger charge is 2.18. The van der Waals surface area contributed by atoms with Crippen molar-refractivity contribution in [2.45, 2.75) is 12.8 Å². The van der Waals surface area contributed by atoms with Crippen molar-refractivity contribution < 1.29 is 49.0 Å². The van der Waals surface area contributed by atoms with Gasteiger partial charge in [-0.15, -0.1) is 0 Å². The Morgan fingerprint density at radius 1 is 0.750 bits per heavy atom. The number of rotatable bonds is 16. The molecule has 0 aliphatic carbocycles. The monoisotopic (exact) mass is 402 g/mol. The van der Waals surface area contributed by atoms with Crippen LogP contribution in [-0.2, 0) is 31.8 Å². The first-order valence-corrected chi connectivity index (χ1v) is 8.66. The van der Waals surface area contributed by atoms with E-state index < -0.39 is 11.9 Å². The summed E-state index contributed by atoms with van der Waals surface area (Å²) < 4.78 is 20.5. The molecule has 28 heavy (non-hydrogen) atoms. The molecule has 0 spiro atoms. The Balaban J connectivity index is 2.84. The minimum Gasteiger partial charge on any atom is -0.478 e. The van der Waals surface area contributed by atoms with Crippen molar-refractivity contribution in [1.82, 2.24) is 0 Å². The van der Waals surface area contributed by atoms with Gasteiger partial charge < -0.3 is 39.4 Å². The van der Waals surface area contributed by atoms with E-state index in [1.165, 1.54) is 6.07 Å². The SMILES string of the molecule is O=C(O)c1cc(CCOCOCCO)c(CCOCOCCO)c(C(=O)O)c1. The zero-order chi connectivity index (χ0) is 20.8. The summed E-state index contributed by atoms with van der Waals surface area (Å²) in [4.78, 5) is 22.9. The third kappa shape index (κ3) is 8.74. The molecule has 158 valence electrons. The minimum absolute atomic E-state index is 0.0361. The molecule has 0 bridgehead atoms. The van der Waals surface area contributed by atoms with E-state index in [1.54, 1.807) is 0 Å². The molecule has 0 fully saturated rings. The lowest BCUT2D eigenvalue weighted by Crippen LogP contribution is -2.15. The Morgan fingerprint density at radius 2 is 1.29 bits per heavy atom. The highest BCUT2D eigenvalue weighted by Crippen LogP contribution is 2.20. The van der Waals surface area contributed by atoms with Gasteiger partial charge in [-0.3, -0.25) is 0 Å². The van der Waals surface area contributed by atoms with Crippen LogP contribution in [0.3, 0.4) is 0 Å². The number of carbonyl (C=O) groups is 2. The van der Waals surface area contributed by atoms with Crippen LogP contribution in [0.25, 0.3) is 0 Å². The summed E-state index contributed by atoms with van der Waals surface area (Å²) in [5.41, 5.74) is 0.755. The quantitative estimate of drug-likeness (QED) is 0.222. The Hall–Kier alpha value is -2.08. The van der Waals surface area contributed by atoms with Gasteiger partial charge in [0.15, 0.2) is 0 Å². The largest absolute Gasteiger partial charge is 0.478 e. The summed E-state index contributed by atoms with van der Waals surface area (Å²) >= 11 is 0. The number of carboxylic acid groups (broad SMARTS) is 2. The molecule has 0 heterocycles. The van der Waals surface area contributed by atoms with Gasteiger partial charge in [-0.1, -0.05) is 0 Å². The van der Waals surface area contributed by atoms with E-state index in [0.717, 1.165) is 6.07 Å². The lowest BCUT2D eigenvalue weighted by atomic mass is 9.93. The molecular weight excluding hydrogens is 376 g/mol. The maximum Gasteiger partial charge on any atom is 0.335 e. The Labute approximate surface area is 162 Å². The number of aliphatic hydroxyl groups is 2. The van der Waals surface area contributed by atoms with Gasteiger partial charge in [0.25, 0.3) is 0 Å². The summed E-state index contributed by atoms with van der Waals surface area (Å²) in [5, 5.41) is 36.0. The second-order valence-corrected chi connectivity index (χ2v) is 5.59.